The highest BCUT2D eigenvalue weighted by atomic mass is 32.2. The number of amides is 1. The highest BCUT2D eigenvalue weighted by molar-refractivity contribution is 8.00. The van der Waals surface area contributed by atoms with Crippen LogP contribution in [-0.2, 0) is 4.79 Å². The van der Waals surface area contributed by atoms with Gasteiger partial charge in [-0.15, -0.1) is 11.8 Å². The number of nitrogens with zero attached hydrogens (tertiary/aromatic N) is 2. The zero-order valence-electron chi connectivity index (χ0n) is 12.0. The molecule has 1 atom stereocenters. The third-order valence-corrected chi connectivity index (χ3v) is 4.28. The van der Waals surface area contributed by atoms with Crippen molar-refractivity contribution in [2.24, 2.45) is 0 Å². The fourth-order valence-corrected chi connectivity index (χ4v) is 2.79. The van der Waals surface area contributed by atoms with Gasteiger partial charge in [-0.05, 0) is 32.0 Å². The Balaban J connectivity index is 2.28. The summed E-state index contributed by atoms with van der Waals surface area (Å²) < 4.78 is 5.38. The molecule has 1 aromatic rings. The van der Waals surface area contributed by atoms with Crippen LogP contribution in [0, 0.1) is 11.3 Å². The molecule has 0 bridgehead atoms. The van der Waals surface area contributed by atoms with E-state index < -0.39 is 0 Å². The first-order valence-corrected chi connectivity index (χ1v) is 7.73. The molecule has 1 aliphatic rings. The van der Waals surface area contributed by atoms with E-state index in [0.717, 1.165) is 0 Å². The number of carbonyl (C=O) groups is 2. The molecule has 0 N–H and O–H groups in total. The van der Waals surface area contributed by atoms with Gasteiger partial charge < -0.3 is 9.64 Å². The first-order chi connectivity index (χ1) is 10.1. The van der Waals surface area contributed by atoms with Crippen molar-refractivity contribution in [2.45, 2.75) is 19.1 Å². The maximum Gasteiger partial charge on any atom is 0.265 e. The Kier molecular flexibility index (Phi) is 4.86. The predicted molar refractivity (Wildman–Crippen MR) is 81.8 cm³/mol. The van der Waals surface area contributed by atoms with Gasteiger partial charge in [0, 0.05) is 12.1 Å². The zero-order chi connectivity index (χ0) is 15.4. The summed E-state index contributed by atoms with van der Waals surface area (Å²) in [5.41, 5.74) is 1.17. The number of carbonyl (C=O) groups excluding carboxylic acids is 2. The van der Waals surface area contributed by atoms with E-state index in [4.69, 9.17) is 10.00 Å². The van der Waals surface area contributed by atoms with Crippen LogP contribution in [0.15, 0.2) is 18.2 Å². The Morgan fingerprint density at radius 2 is 2.33 bits per heavy atom. The molecule has 110 valence electrons. The molecular formula is C15H16N2O3S. The first-order valence-electron chi connectivity index (χ1n) is 6.68. The van der Waals surface area contributed by atoms with E-state index in [-0.39, 0.29) is 29.3 Å². The second-order valence-corrected chi connectivity index (χ2v) is 5.91. The highest BCUT2D eigenvalue weighted by Gasteiger charge is 2.26. The number of rotatable bonds is 5. The molecular weight excluding hydrogens is 288 g/mol. The van der Waals surface area contributed by atoms with Crippen molar-refractivity contribution in [3.05, 3.63) is 23.8 Å². The summed E-state index contributed by atoms with van der Waals surface area (Å²) in [6.45, 7) is 4.23. The molecule has 0 saturated heterocycles. The van der Waals surface area contributed by atoms with Crippen LogP contribution in [0.25, 0.3) is 0 Å². The van der Waals surface area contributed by atoms with Crippen LogP contribution in [0.1, 0.15) is 24.2 Å². The summed E-state index contributed by atoms with van der Waals surface area (Å²) >= 11 is 1.30. The third-order valence-electron chi connectivity index (χ3n) is 3.27. The lowest BCUT2D eigenvalue weighted by atomic mass is 10.1. The van der Waals surface area contributed by atoms with Crippen molar-refractivity contribution in [3.8, 4) is 11.8 Å². The van der Waals surface area contributed by atoms with Gasteiger partial charge in [0.2, 0.25) is 0 Å². The Morgan fingerprint density at radius 3 is 3.00 bits per heavy atom. The topological polar surface area (TPSA) is 70.4 Å². The summed E-state index contributed by atoms with van der Waals surface area (Å²) in [7, 11) is 0. The lowest BCUT2D eigenvalue weighted by molar-refractivity contribution is -0.121. The van der Waals surface area contributed by atoms with Crippen LogP contribution in [0.2, 0.25) is 0 Å². The number of thioether (sulfide) groups is 1. The SMILES string of the molecule is CCN1C(=O)COc2ccc(C(=O)C(C)SCC#N)cc21. The lowest BCUT2D eigenvalue weighted by Crippen LogP contribution is -2.38. The second kappa shape index (κ2) is 6.64. The van der Waals surface area contributed by atoms with Gasteiger partial charge >= 0.3 is 0 Å². The van der Waals surface area contributed by atoms with Gasteiger partial charge in [-0.2, -0.15) is 5.26 Å². The van der Waals surface area contributed by atoms with Crippen molar-refractivity contribution in [3.63, 3.8) is 0 Å². The van der Waals surface area contributed by atoms with Crippen molar-refractivity contribution in [1.82, 2.24) is 0 Å². The number of Topliss-reactive ketones (excluding diaryl/α,β-unsaturated/α-hetero) is 1. The molecule has 1 heterocycles. The molecule has 2 rings (SSSR count). The van der Waals surface area contributed by atoms with Crippen molar-refractivity contribution in [2.75, 3.05) is 23.8 Å². The number of nitriles is 1. The summed E-state index contributed by atoms with van der Waals surface area (Å²) in [6, 6.07) is 7.13. The van der Waals surface area contributed by atoms with E-state index in [1.807, 2.05) is 13.0 Å². The smallest absolute Gasteiger partial charge is 0.265 e. The number of hydrogen-bond donors (Lipinski definition) is 0. The van der Waals surface area contributed by atoms with Gasteiger partial charge in [-0.3, -0.25) is 9.59 Å². The van der Waals surface area contributed by atoms with Crippen molar-refractivity contribution >= 4 is 29.1 Å². The Labute approximate surface area is 127 Å². The number of fused-ring (bicyclic) bond motifs is 1. The van der Waals surface area contributed by atoms with E-state index in [1.165, 1.54) is 11.8 Å². The molecule has 21 heavy (non-hydrogen) atoms. The van der Waals surface area contributed by atoms with Gasteiger partial charge in [0.25, 0.3) is 5.91 Å². The highest BCUT2D eigenvalue weighted by Crippen LogP contribution is 2.33. The molecule has 6 heteroatoms. The molecule has 0 fully saturated rings. The molecule has 1 unspecified atom stereocenters. The average Bonchev–Trinajstić information content (AvgIpc) is 2.51. The number of benzene rings is 1. The van der Waals surface area contributed by atoms with Gasteiger partial charge in [0.1, 0.15) is 5.75 Å². The number of ether oxygens (including phenoxy) is 1. The minimum absolute atomic E-state index is 0.0303. The summed E-state index contributed by atoms with van der Waals surface area (Å²) in [6.07, 6.45) is 0. The van der Waals surface area contributed by atoms with Gasteiger partial charge in [0.05, 0.1) is 22.8 Å². The molecule has 0 aliphatic carbocycles. The molecule has 0 saturated carbocycles. The van der Waals surface area contributed by atoms with Crippen molar-refractivity contribution < 1.29 is 14.3 Å². The fourth-order valence-electron chi connectivity index (χ4n) is 2.17. The lowest BCUT2D eigenvalue weighted by Gasteiger charge is -2.28. The van der Waals surface area contributed by atoms with Crippen LogP contribution >= 0.6 is 11.8 Å². The quantitative estimate of drug-likeness (QED) is 0.780. The average molecular weight is 304 g/mol. The first kappa shape index (κ1) is 15.4. The minimum Gasteiger partial charge on any atom is -0.482 e. The zero-order valence-corrected chi connectivity index (χ0v) is 12.8. The number of hydrogen-bond acceptors (Lipinski definition) is 5. The Morgan fingerprint density at radius 1 is 1.57 bits per heavy atom. The number of anilines is 1. The normalized spacial score (nSPS) is 14.9. The third kappa shape index (κ3) is 3.19. The fraction of sp³-hybridized carbons (Fsp3) is 0.400. The van der Waals surface area contributed by atoms with Crippen LogP contribution < -0.4 is 9.64 Å². The summed E-state index contributed by atoms with van der Waals surface area (Å²) in [5, 5.41) is 8.29. The molecule has 5 nitrogen and oxygen atoms in total. The van der Waals surface area contributed by atoms with Gasteiger partial charge in [-0.1, -0.05) is 0 Å². The number of likely N-dealkylation sites (N-methyl/N-ethyl adjacent to an activating group) is 1. The summed E-state index contributed by atoms with van der Waals surface area (Å²) in [4.78, 5) is 25.8. The van der Waals surface area contributed by atoms with E-state index in [2.05, 4.69) is 0 Å². The molecule has 1 aliphatic heterocycles. The molecule has 0 spiro atoms. The van der Waals surface area contributed by atoms with Gasteiger partial charge in [0.15, 0.2) is 12.4 Å². The molecule has 0 aromatic heterocycles. The van der Waals surface area contributed by atoms with E-state index >= 15 is 0 Å². The Hall–Kier alpha value is -2.00. The largest absolute Gasteiger partial charge is 0.482 e. The van der Waals surface area contributed by atoms with E-state index in [0.29, 0.717) is 23.5 Å². The Bertz CT molecular complexity index is 609. The molecule has 1 amide bonds. The molecule has 1 aromatic carbocycles. The maximum absolute atomic E-state index is 12.3. The summed E-state index contributed by atoms with van der Waals surface area (Å²) in [5.74, 6) is 0.736. The monoisotopic (exact) mass is 304 g/mol. The van der Waals surface area contributed by atoms with Crippen molar-refractivity contribution in [1.29, 1.82) is 5.26 Å². The number of ketones is 1. The van der Waals surface area contributed by atoms with Crippen LogP contribution in [0.4, 0.5) is 5.69 Å². The van der Waals surface area contributed by atoms with E-state index in [9.17, 15) is 9.59 Å². The standard InChI is InChI=1S/C15H16N2O3S/c1-3-17-12-8-11(15(19)10(2)21-7-6-16)4-5-13(12)20-9-14(17)18/h4-5,8,10H,3,7,9H2,1-2H3. The molecule has 0 radical (unpaired) electrons. The van der Waals surface area contributed by atoms with Gasteiger partial charge in [-0.25, -0.2) is 0 Å². The van der Waals surface area contributed by atoms with Crippen LogP contribution in [-0.4, -0.2) is 35.8 Å². The minimum atomic E-state index is -0.294. The maximum atomic E-state index is 12.3. The second-order valence-electron chi connectivity index (χ2n) is 4.58. The van der Waals surface area contributed by atoms with Crippen LogP contribution in [0.3, 0.4) is 0 Å². The van der Waals surface area contributed by atoms with E-state index in [1.54, 1.807) is 30.0 Å². The van der Waals surface area contributed by atoms with Crippen LogP contribution in [0.5, 0.6) is 5.75 Å². The predicted octanol–water partition coefficient (Wildman–Crippen LogP) is 2.26.